The zero-order valence-electron chi connectivity index (χ0n) is 14.0. The maximum atomic E-state index is 6.08. The SMILES string of the molecule is CCOC1C(NC)CC1Oc1ccc(C(C)(C)CC)cc1. The van der Waals surface area contributed by atoms with Gasteiger partial charge in [0.2, 0.25) is 0 Å². The van der Waals surface area contributed by atoms with E-state index in [-0.39, 0.29) is 17.6 Å². The van der Waals surface area contributed by atoms with E-state index in [0.717, 1.165) is 25.2 Å². The minimum atomic E-state index is 0.159. The first-order valence-corrected chi connectivity index (χ1v) is 8.08. The molecule has 118 valence electrons. The van der Waals surface area contributed by atoms with E-state index in [9.17, 15) is 0 Å². The molecule has 3 nitrogen and oxygen atoms in total. The van der Waals surface area contributed by atoms with E-state index < -0.39 is 0 Å². The fourth-order valence-corrected chi connectivity index (χ4v) is 2.76. The van der Waals surface area contributed by atoms with Crippen molar-refractivity contribution in [3.05, 3.63) is 29.8 Å². The van der Waals surface area contributed by atoms with Crippen LogP contribution in [0.3, 0.4) is 0 Å². The molecular formula is C18H29NO2. The highest BCUT2D eigenvalue weighted by atomic mass is 16.5. The Hall–Kier alpha value is -1.06. The van der Waals surface area contributed by atoms with Gasteiger partial charge in [0.1, 0.15) is 18.0 Å². The van der Waals surface area contributed by atoms with Crippen molar-refractivity contribution in [3.8, 4) is 5.75 Å². The molecule has 3 heteroatoms. The molecule has 0 spiro atoms. The van der Waals surface area contributed by atoms with E-state index in [1.807, 2.05) is 14.0 Å². The molecule has 3 unspecified atom stereocenters. The van der Waals surface area contributed by atoms with Crippen molar-refractivity contribution < 1.29 is 9.47 Å². The van der Waals surface area contributed by atoms with Crippen molar-refractivity contribution in [1.82, 2.24) is 5.32 Å². The summed E-state index contributed by atoms with van der Waals surface area (Å²) in [5.41, 5.74) is 1.58. The lowest BCUT2D eigenvalue weighted by Gasteiger charge is -2.43. The third-order valence-corrected chi connectivity index (χ3v) is 4.79. The molecule has 2 rings (SSSR count). The Balaban J connectivity index is 1.98. The number of ether oxygens (including phenoxy) is 2. The van der Waals surface area contributed by atoms with Crippen molar-refractivity contribution in [2.75, 3.05) is 13.7 Å². The fraction of sp³-hybridized carbons (Fsp3) is 0.667. The molecule has 1 fully saturated rings. The third kappa shape index (κ3) is 3.58. The van der Waals surface area contributed by atoms with Crippen LogP contribution in [-0.4, -0.2) is 31.9 Å². The van der Waals surface area contributed by atoms with Gasteiger partial charge in [-0.2, -0.15) is 0 Å². The summed E-state index contributed by atoms with van der Waals surface area (Å²) in [5, 5.41) is 3.28. The van der Waals surface area contributed by atoms with Gasteiger partial charge in [-0.05, 0) is 43.5 Å². The zero-order valence-corrected chi connectivity index (χ0v) is 14.0. The molecule has 0 aliphatic heterocycles. The summed E-state index contributed by atoms with van der Waals surface area (Å²) in [6.45, 7) is 9.54. The number of hydrogen-bond donors (Lipinski definition) is 1. The minimum Gasteiger partial charge on any atom is -0.488 e. The monoisotopic (exact) mass is 291 g/mol. The molecule has 0 bridgehead atoms. The van der Waals surface area contributed by atoms with Gasteiger partial charge in [0.05, 0.1) is 0 Å². The largest absolute Gasteiger partial charge is 0.488 e. The standard InChI is InChI=1S/C18H29NO2/c1-6-18(3,4)13-8-10-14(11-9-13)21-16-12-15(19-5)17(16)20-7-2/h8-11,15-17,19H,6-7,12H2,1-5H3. The van der Waals surface area contributed by atoms with Gasteiger partial charge in [-0.1, -0.05) is 32.9 Å². The molecule has 3 atom stereocenters. The van der Waals surface area contributed by atoms with Crippen LogP contribution in [0.2, 0.25) is 0 Å². The summed E-state index contributed by atoms with van der Waals surface area (Å²) in [4.78, 5) is 0. The predicted octanol–water partition coefficient (Wildman–Crippen LogP) is 3.52. The minimum absolute atomic E-state index is 0.159. The van der Waals surface area contributed by atoms with Gasteiger partial charge in [-0.25, -0.2) is 0 Å². The second-order valence-electron chi connectivity index (χ2n) is 6.47. The topological polar surface area (TPSA) is 30.5 Å². The van der Waals surface area contributed by atoms with Crippen molar-refractivity contribution in [3.63, 3.8) is 0 Å². The van der Waals surface area contributed by atoms with Crippen LogP contribution < -0.4 is 10.1 Å². The van der Waals surface area contributed by atoms with E-state index in [1.165, 1.54) is 5.56 Å². The van der Waals surface area contributed by atoms with E-state index in [4.69, 9.17) is 9.47 Å². The third-order valence-electron chi connectivity index (χ3n) is 4.79. The van der Waals surface area contributed by atoms with Crippen LogP contribution in [0.25, 0.3) is 0 Å². The molecule has 0 amide bonds. The van der Waals surface area contributed by atoms with Crippen LogP contribution >= 0.6 is 0 Å². The van der Waals surface area contributed by atoms with Gasteiger partial charge in [-0.3, -0.25) is 0 Å². The fourth-order valence-electron chi connectivity index (χ4n) is 2.76. The smallest absolute Gasteiger partial charge is 0.128 e. The molecular weight excluding hydrogens is 262 g/mol. The summed E-state index contributed by atoms with van der Waals surface area (Å²) in [6.07, 6.45) is 2.45. The molecule has 1 aromatic rings. The van der Waals surface area contributed by atoms with Crippen LogP contribution in [0, 0.1) is 0 Å². The lowest BCUT2D eigenvalue weighted by Crippen LogP contribution is -2.60. The normalized spacial score (nSPS) is 25.5. The number of hydrogen-bond acceptors (Lipinski definition) is 3. The van der Waals surface area contributed by atoms with E-state index in [0.29, 0.717) is 6.04 Å². The molecule has 0 radical (unpaired) electrons. The Kier molecular flexibility index (Phi) is 5.28. The van der Waals surface area contributed by atoms with E-state index in [1.54, 1.807) is 0 Å². The highest BCUT2D eigenvalue weighted by molar-refractivity contribution is 5.32. The molecule has 21 heavy (non-hydrogen) atoms. The first kappa shape index (κ1) is 16.3. The quantitative estimate of drug-likeness (QED) is 0.834. The molecule has 1 N–H and O–H groups in total. The highest BCUT2D eigenvalue weighted by Gasteiger charge is 2.42. The van der Waals surface area contributed by atoms with Crippen molar-refractivity contribution >= 4 is 0 Å². The molecule has 0 aromatic heterocycles. The van der Waals surface area contributed by atoms with Gasteiger partial charge in [0.25, 0.3) is 0 Å². The average molecular weight is 291 g/mol. The van der Waals surface area contributed by atoms with Gasteiger partial charge < -0.3 is 14.8 Å². The Morgan fingerprint density at radius 3 is 2.38 bits per heavy atom. The Morgan fingerprint density at radius 1 is 1.19 bits per heavy atom. The maximum absolute atomic E-state index is 6.08. The summed E-state index contributed by atoms with van der Waals surface area (Å²) < 4.78 is 11.9. The first-order valence-electron chi connectivity index (χ1n) is 8.08. The molecule has 0 heterocycles. The van der Waals surface area contributed by atoms with Crippen molar-refractivity contribution in [2.45, 2.75) is 64.2 Å². The Morgan fingerprint density at radius 2 is 1.86 bits per heavy atom. The summed E-state index contributed by atoms with van der Waals surface area (Å²) in [7, 11) is 1.98. The molecule has 1 saturated carbocycles. The lowest BCUT2D eigenvalue weighted by molar-refractivity contribution is -0.103. The summed E-state index contributed by atoms with van der Waals surface area (Å²) >= 11 is 0. The van der Waals surface area contributed by atoms with Gasteiger partial charge >= 0.3 is 0 Å². The molecule has 1 aliphatic rings. The number of nitrogens with one attached hydrogen (secondary N) is 1. The van der Waals surface area contributed by atoms with Crippen molar-refractivity contribution in [1.29, 1.82) is 0 Å². The number of benzene rings is 1. The van der Waals surface area contributed by atoms with Gasteiger partial charge in [0, 0.05) is 19.1 Å². The average Bonchev–Trinajstić information content (AvgIpc) is 2.49. The molecule has 1 aliphatic carbocycles. The zero-order chi connectivity index (χ0) is 15.5. The highest BCUT2D eigenvalue weighted by Crippen LogP contribution is 2.31. The van der Waals surface area contributed by atoms with Crippen LogP contribution in [0.15, 0.2) is 24.3 Å². The predicted molar refractivity (Wildman–Crippen MR) is 87.1 cm³/mol. The molecule has 1 aromatic carbocycles. The first-order chi connectivity index (χ1) is 10.0. The second kappa shape index (κ2) is 6.80. The van der Waals surface area contributed by atoms with E-state index >= 15 is 0 Å². The summed E-state index contributed by atoms with van der Waals surface area (Å²) in [5.74, 6) is 0.940. The van der Waals surface area contributed by atoms with Crippen LogP contribution in [0.5, 0.6) is 5.75 Å². The van der Waals surface area contributed by atoms with Crippen molar-refractivity contribution in [2.24, 2.45) is 0 Å². The maximum Gasteiger partial charge on any atom is 0.128 e. The Bertz CT molecular complexity index is 441. The van der Waals surface area contributed by atoms with Crippen LogP contribution in [0.4, 0.5) is 0 Å². The molecule has 0 saturated heterocycles. The van der Waals surface area contributed by atoms with Crippen LogP contribution in [0.1, 0.15) is 46.1 Å². The summed E-state index contributed by atoms with van der Waals surface area (Å²) in [6, 6.07) is 8.95. The van der Waals surface area contributed by atoms with Crippen LogP contribution in [-0.2, 0) is 10.2 Å². The van der Waals surface area contributed by atoms with E-state index in [2.05, 4.69) is 50.4 Å². The Labute approximate surface area is 129 Å². The van der Waals surface area contributed by atoms with Gasteiger partial charge in [0.15, 0.2) is 0 Å². The number of rotatable bonds is 7. The lowest BCUT2D eigenvalue weighted by atomic mass is 9.82. The number of likely N-dealkylation sites (N-methyl/N-ethyl adjacent to an activating group) is 1. The second-order valence-corrected chi connectivity index (χ2v) is 6.47. The van der Waals surface area contributed by atoms with Gasteiger partial charge in [-0.15, -0.1) is 0 Å².